The summed E-state index contributed by atoms with van der Waals surface area (Å²) in [6.45, 7) is 1.37. The van der Waals surface area contributed by atoms with Crippen molar-refractivity contribution < 1.29 is 18.7 Å². The first-order chi connectivity index (χ1) is 14.9. The number of esters is 1. The van der Waals surface area contributed by atoms with Gasteiger partial charge in [0, 0.05) is 35.9 Å². The van der Waals surface area contributed by atoms with Gasteiger partial charge in [0.05, 0.1) is 36.6 Å². The molecule has 3 heterocycles. The van der Waals surface area contributed by atoms with Crippen LogP contribution in [0, 0.1) is 5.82 Å². The number of halogens is 3. The lowest BCUT2D eigenvalue weighted by molar-refractivity contribution is 0.0391. The van der Waals surface area contributed by atoms with Gasteiger partial charge in [-0.15, -0.1) is 0 Å². The van der Waals surface area contributed by atoms with Gasteiger partial charge in [-0.1, -0.05) is 11.6 Å². The van der Waals surface area contributed by atoms with Crippen LogP contribution in [0.25, 0.3) is 11.3 Å². The van der Waals surface area contributed by atoms with Crippen molar-refractivity contribution in [1.29, 1.82) is 0 Å². The van der Waals surface area contributed by atoms with E-state index in [1.807, 2.05) is 18.1 Å². The molecule has 0 amide bonds. The first-order valence-corrected chi connectivity index (χ1v) is 10.5. The number of anilines is 1. The SMILES string of the molecule is COC(=O)c1nc(N2CCO[C@@H](c3cnn(C)c3)C2)nc(-c2ccc(Cl)cc2F)c1Br. The molecule has 1 aliphatic rings. The number of morpholine rings is 1. The molecule has 0 aliphatic carbocycles. The lowest BCUT2D eigenvalue weighted by Gasteiger charge is -2.33. The maximum absolute atomic E-state index is 14.7. The fraction of sp³-hybridized carbons (Fsp3) is 0.300. The summed E-state index contributed by atoms with van der Waals surface area (Å²) in [6.07, 6.45) is 3.38. The molecule has 0 saturated carbocycles. The lowest BCUT2D eigenvalue weighted by Crippen LogP contribution is -2.39. The molecule has 1 aliphatic heterocycles. The van der Waals surface area contributed by atoms with Gasteiger partial charge in [0.2, 0.25) is 5.95 Å². The molecule has 2 aromatic heterocycles. The number of ether oxygens (including phenoxy) is 2. The maximum Gasteiger partial charge on any atom is 0.358 e. The Balaban J connectivity index is 1.77. The van der Waals surface area contributed by atoms with Crippen molar-refractivity contribution in [2.45, 2.75) is 6.10 Å². The zero-order valence-corrected chi connectivity index (χ0v) is 19.0. The van der Waals surface area contributed by atoms with Gasteiger partial charge in [-0.2, -0.15) is 5.10 Å². The summed E-state index contributed by atoms with van der Waals surface area (Å²) < 4.78 is 27.3. The van der Waals surface area contributed by atoms with Crippen LogP contribution < -0.4 is 4.90 Å². The van der Waals surface area contributed by atoms with Crippen LogP contribution in [0.4, 0.5) is 10.3 Å². The molecule has 4 rings (SSSR count). The van der Waals surface area contributed by atoms with Crippen LogP contribution in [0.2, 0.25) is 5.02 Å². The van der Waals surface area contributed by atoms with Gasteiger partial charge in [-0.05, 0) is 34.1 Å². The van der Waals surface area contributed by atoms with Crippen LogP contribution >= 0.6 is 27.5 Å². The third-order valence-corrected chi connectivity index (χ3v) is 5.84. The fourth-order valence-electron chi connectivity index (χ4n) is 3.31. The Bertz CT molecular complexity index is 1140. The standard InChI is InChI=1S/C20H18BrClFN5O3/c1-27-9-11(8-24-27)15-10-28(5-6-31-15)20-25-17(13-4-3-12(22)7-14(13)23)16(21)18(26-20)19(29)30-2/h3-4,7-9,15H,5-6,10H2,1-2H3/t15-/m1/s1. The van der Waals surface area contributed by atoms with Gasteiger partial charge >= 0.3 is 5.97 Å². The largest absolute Gasteiger partial charge is 0.464 e. The molecule has 0 spiro atoms. The first kappa shape index (κ1) is 21.7. The van der Waals surface area contributed by atoms with Crippen LogP contribution in [0.15, 0.2) is 35.1 Å². The molecule has 0 N–H and O–H groups in total. The van der Waals surface area contributed by atoms with E-state index in [0.717, 1.165) is 5.56 Å². The van der Waals surface area contributed by atoms with E-state index in [4.69, 9.17) is 21.1 Å². The average molecular weight is 511 g/mol. The van der Waals surface area contributed by atoms with Gasteiger partial charge < -0.3 is 14.4 Å². The number of benzene rings is 1. The summed E-state index contributed by atoms with van der Waals surface area (Å²) in [5.74, 6) is -0.961. The van der Waals surface area contributed by atoms with Crippen LogP contribution in [0.1, 0.15) is 22.2 Å². The Morgan fingerprint density at radius 1 is 1.39 bits per heavy atom. The molecule has 1 aromatic carbocycles. The summed E-state index contributed by atoms with van der Waals surface area (Å²) in [6, 6.07) is 4.25. The van der Waals surface area contributed by atoms with Crippen molar-refractivity contribution in [3.63, 3.8) is 0 Å². The van der Waals surface area contributed by atoms with Crippen molar-refractivity contribution in [3.05, 3.63) is 57.2 Å². The van der Waals surface area contributed by atoms with E-state index < -0.39 is 11.8 Å². The van der Waals surface area contributed by atoms with Crippen LogP contribution in [-0.2, 0) is 16.5 Å². The Hall–Kier alpha value is -2.56. The Kier molecular flexibility index (Phi) is 6.22. The van der Waals surface area contributed by atoms with Crippen molar-refractivity contribution in [2.75, 3.05) is 31.7 Å². The molecular weight excluding hydrogens is 493 g/mol. The van der Waals surface area contributed by atoms with Crippen LogP contribution in [0.5, 0.6) is 0 Å². The molecule has 11 heteroatoms. The van der Waals surface area contributed by atoms with Gasteiger partial charge in [-0.25, -0.2) is 19.2 Å². The number of hydrogen-bond donors (Lipinski definition) is 0. The number of hydrogen-bond acceptors (Lipinski definition) is 7. The third kappa shape index (κ3) is 4.41. The topological polar surface area (TPSA) is 82.4 Å². The molecule has 1 atom stereocenters. The summed E-state index contributed by atoms with van der Waals surface area (Å²) in [7, 11) is 3.09. The molecular formula is C20H18BrClFN5O3. The van der Waals surface area contributed by atoms with E-state index in [9.17, 15) is 9.18 Å². The predicted molar refractivity (Wildman–Crippen MR) is 116 cm³/mol. The quantitative estimate of drug-likeness (QED) is 0.494. The van der Waals surface area contributed by atoms with E-state index in [-0.39, 0.29) is 38.5 Å². The second-order valence-corrected chi connectivity index (χ2v) is 8.13. The molecule has 0 bridgehead atoms. The minimum atomic E-state index is -0.664. The first-order valence-electron chi connectivity index (χ1n) is 9.33. The minimum absolute atomic E-state index is 0.00118. The molecule has 3 aromatic rings. The number of methoxy groups -OCH3 is 1. The van der Waals surface area contributed by atoms with Gasteiger partial charge in [0.1, 0.15) is 11.9 Å². The normalized spacial score (nSPS) is 16.4. The van der Waals surface area contributed by atoms with E-state index in [1.165, 1.54) is 19.2 Å². The third-order valence-electron chi connectivity index (χ3n) is 4.85. The van der Waals surface area contributed by atoms with E-state index >= 15 is 0 Å². The number of aryl methyl sites for hydroxylation is 1. The highest BCUT2D eigenvalue weighted by Gasteiger charge is 2.28. The van der Waals surface area contributed by atoms with E-state index in [2.05, 4.69) is 31.0 Å². The van der Waals surface area contributed by atoms with Crippen LogP contribution in [-0.4, -0.2) is 52.5 Å². The number of carbonyl (C=O) groups excluding carboxylic acids is 1. The molecule has 1 fully saturated rings. The summed E-state index contributed by atoms with van der Waals surface area (Å²) >= 11 is 9.23. The Morgan fingerprint density at radius 2 is 2.19 bits per heavy atom. The summed E-state index contributed by atoms with van der Waals surface area (Å²) in [5.41, 5.74) is 1.33. The molecule has 0 unspecified atom stereocenters. The Labute approximate surface area is 191 Å². The average Bonchev–Trinajstić information content (AvgIpc) is 3.20. The zero-order valence-electron chi connectivity index (χ0n) is 16.7. The molecule has 0 radical (unpaired) electrons. The second kappa shape index (κ2) is 8.89. The van der Waals surface area contributed by atoms with Crippen LogP contribution in [0.3, 0.4) is 0 Å². The molecule has 162 valence electrons. The fourth-order valence-corrected chi connectivity index (χ4v) is 4.02. The predicted octanol–water partition coefficient (Wildman–Crippen LogP) is 3.80. The summed E-state index contributed by atoms with van der Waals surface area (Å²) in [4.78, 5) is 23.2. The smallest absolute Gasteiger partial charge is 0.358 e. The zero-order chi connectivity index (χ0) is 22.1. The van der Waals surface area contributed by atoms with Crippen molar-refractivity contribution in [1.82, 2.24) is 19.7 Å². The van der Waals surface area contributed by atoms with Gasteiger partial charge in [0.25, 0.3) is 0 Å². The number of carbonyl (C=O) groups is 1. The maximum atomic E-state index is 14.7. The van der Waals surface area contributed by atoms with Gasteiger partial charge in [0.15, 0.2) is 5.69 Å². The second-order valence-electron chi connectivity index (χ2n) is 6.90. The van der Waals surface area contributed by atoms with Crippen molar-refractivity contribution in [3.8, 4) is 11.3 Å². The Morgan fingerprint density at radius 3 is 2.87 bits per heavy atom. The van der Waals surface area contributed by atoms with Gasteiger partial charge in [-0.3, -0.25) is 4.68 Å². The highest BCUT2D eigenvalue weighted by Crippen LogP contribution is 2.34. The van der Waals surface area contributed by atoms with Crippen molar-refractivity contribution >= 4 is 39.4 Å². The monoisotopic (exact) mass is 509 g/mol. The number of rotatable bonds is 4. The summed E-state index contributed by atoms with van der Waals surface area (Å²) in [5, 5.41) is 4.44. The molecule has 1 saturated heterocycles. The minimum Gasteiger partial charge on any atom is -0.464 e. The number of aromatic nitrogens is 4. The number of nitrogens with zero attached hydrogens (tertiary/aromatic N) is 5. The van der Waals surface area contributed by atoms with E-state index in [1.54, 1.807) is 16.9 Å². The highest BCUT2D eigenvalue weighted by molar-refractivity contribution is 9.10. The molecule has 31 heavy (non-hydrogen) atoms. The van der Waals surface area contributed by atoms with Crippen molar-refractivity contribution in [2.24, 2.45) is 7.05 Å². The highest BCUT2D eigenvalue weighted by atomic mass is 79.9. The lowest BCUT2D eigenvalue weighted by atomic mass is 10.1. The molecule has 8 nitrogen and oxygen atoms in total. The van der Waals surface area contributed by atoms with E-state index in [0.29, 0.717) is 19.7 Å².